The van der Waals surface area contributed by atoms with Crippen molar-refractivity contribution in [1.29, 1.82) is 0 Å². The van der Waals surface area contributed by atoms with Crippen molar-refractivity contribution in [3.63, 3.8) is 0 Å². The summed E-state index contributed by atoms with van der Waals surface area (Å²) in [6.07, 6.45) is 0.677. The zero-order chi connectivity index (χ0) is 19.5. The van der Waals surface area contributed by atoms with Crippen LogP contribution < -0.4 is 4.74 Å². The minimum atomic E-state index is -0.233. The number of benzene rings is 1. The number of carbonyl (C=O) groups is 2. The second-order valence-electron chi connectivity index (χ2n) is 6.34. The third-order valence-electron chi connectivity index (χ3n) is 4.46. The number of thiophene rings is 2. The maximum Gasteiger partial charge on any atom is 0.281 e. The molecule has 3 aromatic rings. The number of rotatable bonds is 6. The number of Topliss-reactive ketones (excluding diaryl/α,β-unsaturated/α-hetero) is 1. The van der Waals surface area contributed by atoms with Crippen LogP contribution in [0.5, 0.6) is 5.75 Å². The standard InChI is InChI=1S/C21H18N2O3S2/c1-14(24)15-6-2-3-7-18(15)26-13-21(25)23-17(20-9-5-11-28-20)12-16(22-23)19-8-4-10-27-19/h2-11,17H,12-13H2,1H3. The minimum Gasteiger partial charge on any atom is -0.483 e. The number of para-hydroxylation sites is 1. The number of amides is 1. The number of nitrogens with zero attached hydrogens (tertiary/aromatic N) is 2. The van der Waals surface area contributed by atoms with Crippen LogP contribution in [0.2, 0.25) is 0 Å². The SMILES string of the molecule is CC(=O)c1ccccc1OCC(=O)N1N=C(c2cccs2)CC1c1cccs1. The molecule has 28 heavy (non-hydrogen) atoms. The lowest BCUT2D eigenvalue weighted by atomic mass is 10.1. The summed E-state index contributed by atoms with van der Waals surface area (Å²) in [5, 5.41) is 10.1. The lowest BCUT2D eigenvalue weighted by Crippen LogP contribution is -2.31. The van der Waals surface area contributed by atoms with Gasteiger partial charge in [0.05, 0.1) is 22.2 Å². The number of ketones is 1. The quantitative estimate of drug-likeness (QED) is 0.550. The van der Waals surface area contributed by atoms with E-state index in [1.165, 1.54) is 11.9 Å². The Morgan fingerprint density at radius 1 is 1.11 bits per heavy atom. The lowest BCUT2D eigenvalue weighted by molar-refractivity contribution is -0.135. The first-order valence-corrected chi connectivity index (χ1v) is 10.6. The van der Waals surface area contributed by atoms with Crippen molar-refractivity contribution in [2.75, 3.05) is 6.61 Å². The van der Waals surface area contributed by atoms with Crippen LogP contribution >= 0.6 is 22.7 Å². The van der Waals surface area contributed by atoms with E-state index in [0.717, 1.165) is 15.5 Å². The summed E-state index contributed by atoms with van der Waals surface area (Å²) in [6, 6.07) is 14.8. The minimum absolute atomic E-state index is 0.0984. The zero-order valence-corrected chi connectivity index (χ0v) is 16.8. The molecule has 3 heterocycles. The molecule has 1 aliphatic rings. The predicted octanol–water partition coefficient (Wildman–Crippen LogP) is 4.77. The van der Waals surface area contributed by atoms with Gasteiger partial charge in [-0.25, -0.2) is 5.01 Å². The van der Waals surface area contributed by atoms with Gasteiger partial charge in [-0.2, -0.15) is 5.10 Å². The van der Waals surface area contributed by atoms with Crippen molar-refractivity contribution >= 4 is 40.1 Å². The molecule has 0 saturated heterocycles. The summed E-state index contributed by atoms with van der Waals surface area (Å²) >= 11 is 3.23. The summed E-state index contributed by atoms with van der Waals surface area (Å²) in [6.45, 7) is 1.31. The Kier molecular flexibility index (Phi) is 5.36. The first-order chi connectivity index (χ1) is 13.6. The van der Waals surface area contributed by atoms with Crippen molar-refractivity contribution in [1.82, 2.24) is 5.01 Å². The summed E-state index contributed by atoms with van der Waals surface area (Å²) < 4.78 is 5.69. The molecule has 0 fully saturated rings. The Hall–Kier alpha value is -2.77. The average molecular weight is 411 g/mol. The molecule has 0 bridgehead atoms. The van der Waals surface area contributed by atoms with Crippen LogP contribution in [0.25, 0.3) is 0 Å². The largest absolute Gasteiger partial charge is 0.483 e. The van der Waals surface area contributed by atoms with Crippen LogP contribution in [-0.2, 0) is 4.79 Å². The molecule has 1 unspecified atom stereocenters. The van der Waals surface area contributed by atoms with Gasteiger partial charge < -0.3 is 4.74 Å². The van der Waals surface area contributed by atoms with Gasteiger partial charge in [0, 0.05) is 11.3 Å². The number of carbonyl (C=O) groups excluding carboxylic acids is 2. The molecule has 0 spiro atoms. The van der Waals surface area contributed by atoms with Crippen molar-refractivity contribution in [3.8, 4) is 5.75 Å². The number of hydrogen-bond donors (Lipinski definition) is 0. The van der Waals surface area contributed by atoms with E-state index in [0.29, 0.717) is 17.7 Å². The molecular weight excluding hydrogens is 392 g/mol. The van der Waals surface area contributed by atoms with E-state index in [1.807, 2.05) is 35.0 Å². The highest BCUT2D eigenvalue weighted by atomic mass is 32.1. The summed E-state index contributed by atoms with van der Waals surface area (Å²) in [5.74, 6) is 0.0830. The van der Waals surface area contributed by atoms with Crippen LogP contribution in [-0.4, -0.2) is 29.0 Å². The fraction of sp³-hybridized carbons (Fsp3) is 0.190. The Morgan fingerprint density at radius 2 is 1.89 bits per heavy atom. The van der Waals surface area contributed by atoms with E-state index in [-0.39, 0.29) is 24.3 Å². The van der Waals surface area contributed by atoms with Crippen LogP contribution in [0.1, 0.15) is 39.5 Å². The highest BCUT2D eigenvalue weighted by molar-refractivity contribution is 7.12. The van der Waals surface area contributed by atoms with Crippen LogP contribution in [0.3, 0.4) is 0 Å². The monoisotopic (exact) mass is 410 g/mol. The number of ether oxygens (including phenoxy) is 1. The van der Waals surface area contributed by atoms with E-state index < -0.39 is 0 Å². The van der Waals surface area contributed by atoms with Crippen molar-refractivity contribution in [2.24, 2.45) is 5.10 Å². The van der Waals surface area contributed by atoms with Gasteiger partial charge in [-0.1, -0.05) is 24.3 Å². The third kappa shape index (κ3) is 3.76. The predicted molar refractivity (Wildman–Crippen MR) is 111 cm³/mol. The van der Waals surface area contributed by atoms with E-state index >= 15 is 0 Å². The first-order valence-electron chi connectivity index (χ1n) is 8.83. The Bertz CT molecular complexity index is 1010. The van der Waals surface area contributed by atoms with Crippen molar-refractivity contribution in [3.05, 3.63) is 74.6 Å². The van der Waals surface area contributed by atoms with Gasteiger partial charge in [-0.15, -0.1) is 22.7 Å². The van der Waals surface area contributed by atoms with Gasteiger partial charge in [0.2, 0.25) is 0 Å². The van der Waals surface area contributed by atoms with Crippen LogP contribution in [0.15, 0.2) is 64.4 Å². The van der Waals surface area contributed by atoms with Crippen LogP contribution in [0.4, 0.5) is 0 Å². The Labute approximate surface area is 170 Å². The van der Waals surface area contributed by atoms with Gasteiger partial charge in [-0.05, 0) is 41.9 Å². The molecule has 7 heteroatoms. The summed E-state index contributed by atoms with van der Waals surface area (Å²) in [5.41, 5.74) is 1.38. The van der Waals surface area contributed by atoms with Gasteiger partial charge in [0.1, 0.15) is 5.75 Å². The Morgan fingerprint density at radius 3 is 2.61 bits per heavy atom. The van der Waals surface area contributed by atoms with Gasteiger partial charge >= 0.3 is 0 Å². The fourth-order valence-electron chi connectivity index (χ4n) is 3.12. The smallest absolute Gasteiger partial charge is 0.281 e. The molecule has 1 amide bonds. The maximum atomic E-state index is 12.9. The molecule has 4 rings (SSSR count). The molecule has 0 N–H and O–H groups in total. The fourth-order valence-corrected chi connectivity index (χ4v) is 4.66. The van der Waals surface area contributed by atoms with Gasteiger partial charge in [0.25, 0.3) is 5.91 Å². The second kappa shape index (κ2) is 8.08. The molecule has 142 valence electrons. The third-order valence-corrected chi connectivity index (χ3v) is 6.35. The highest BCUT2D eigenvalue weighted by Gasteiger charge is 2.34. The van der Waals surface area contributed by atoms with E-state index in [4.69, 9.17) is 4.74 Å². The van der Waals surface area contributed by atoms with Crippen molar-refractivity contribution < 1.29 is 14.3 Å². The average Bonchev–Trinajstić information content (AvgIpc) is 3.46. The van der Waals surface area contributed by atoms with Crippen molar-refractivity contribution in [2.45, 2.75) is 19.4 Å². The molecule has 1 aliphatic heterocycles. The maximum absolute atomic E-state index is 12.9. The van der Waals surface area contributed by atoms with E-state index in [2.05, 4.69) is 5.10 Å². The lowest BCUT2D eigenvalue weighted by Gasteiger charge is -2.21. The van der Waals surface area contributed by atoms with E-state index in [1.54, 1.807) is 46.9 Å². The second-order valence-corrected chi connectivity index (χ2v) is 8.27. The Balaban J connectivity index is 1.55. The van der Waals surface area contributed by atoms with Gasteiger partial charge in [0.15, 0.2) is 12.4 Å². The molecule has 1 aromatic carbocycles. The normalized spacial score (nSPS) is 16.1. The van der Waals surface area contributed by atoms with Gasteiger partial charge in [-0.3, -0.25) is 9.59 Å². The zero-order valence-electron chi connectivity index (χ0n) is 15.2. The molecule has 0 aliphatic carbocycles. The summed E-state index contributed by atoms with van der Waals surface area (Å²) in [4.78, 5) is 26.9. The topological polar surface area (TPSA) is 59.0 Å². The van der Waals surface area contributed by atoms with Crippen LogP contribution in [0, 0.1) is 0 Å². The molecule has 5 nitrogen and oxygen atoms in total. The molecule has 0 radical (unpaired) electrons. The summed E-state index contributed by atoms with van der Waals surface area (Å²) in [7, 11) is 0. The number of hydrazone groups is 1. The molecule has 1 atom stereocenters. The molecular formula is C21H18N2O3S2. The molecule has 0 saturated carbocycles. The number of hydrogen-bond acceptors (Lipinski definition) is 6. The highest BCUT2D eigenvalue weighted by Crippen LogP contribution is 2.36. The van der Waals surface area contributed by atoms with E-state index in [9.17, 15) is 9.59 Å². The molecule has 2 aromatic heterocycles. The first kappa shape index (κ1) is 18.6.